The van der Waals surface area contributed by atoms with E-state index in [1.165, 1.54) is 16.7 Å². The fraction of sp³-hybridized carbons (Fsp3) is 0.769. The SMILES string of the molecule is CCC1SCC(C(=O)O)N1C(=O)N(CC)CC(C)C#N. The predicted molar refractivity (Wildman–Crippen MR) is 77.2 cm³/mol. The second-order valence-electron chi connectivity index (χ2n) is 4.81. The van der Waals surface area contributed by atoms with Crippen LogP contribution in [0, 0.1) is 17.2 Å². The number of urea groups is 1. The van der Waals surface area contributed by atoms with E-state index in [9.17, 15) is 14.7 Å². The van der Waals surface area contributed by atoms with E-state index in [-0.39, 0.29) is 17.3 Å². The molecule has 1 aliphatic rings. The largest absolute Gasteiger partial charge is 0.480 e. The Balaban J connectivity index is 2.89. The summed E-state index contributed by atoms with van der Waals surface area (Å²) in [4.78, 5) is 26.9. The van der Waals surface area contributed by atoms with E-state index in [1.807, 2.05) is 13.8 Å². The molecule has 0 spiro atoms. The lowest BCUT2D eigenvalue weighted by atomic mass is 10.2. The predicted octanol–water partition coefficient (Wildman–Crippen LogP) is 1.83. The van der Waals surface area contributed by atoms with Crippen LogP contribution in [0.1, 0.15) is 27.2 Å². The summed E-state index contributed by atoms with van der Waals surface area (Å²) in [7, 11) is 0. The molecule has 3 atom stereocenters. The third-order valence-electron chi connectivity index (χ3n) is 3.31. The highest BCUT2D eigenvalue weighted by Crippen LogP contribution is 2.32. The Labute approximate surface area is 123 Å². The number of carboxylic acid groups (broad SMARTS) is 1. The van der Waals surface area contributed by atoms with Gasteiger partial charge in [-0.05, 0) is 20.3 Å². The number of nitriles is 1. The van der Waals surface area contributed by atoms with Crippen molar-refractivity contribution in [1.29, 1.82) is 5.26 Å². The second kappa shape index (κ2) is 7.39. The molecule has 0 aromatic heterocycles. The topological polar surface area (TPSA) is 84.6 Å². The van der Waals surface area contributed by atoms with Crippen LogP contribution in [0.4, 0.5) is 4.79 Å². The average molecular weight is 299 g/mol. The summed E-state index contributed by atoms with van der Waals surface area (Å²) in [5.41, 5.74) is 0. The Bertz CT molecular complexity index is 410. The zero-order valence-electron chi connectivity index (χ0n) is 12.1. The molecule has 6 nitrogen and oxygen atoms in total. The molecule has 20 heavy (non-hydrogen) atoms. The maximum absolute atomic E-state index is 12.6. The molecule has 3 unspecified atom stereocenters. The van der Waals surface area contributed by atoms with Crippen LogP contribution in [-0.4, -0.2) is 57.2 Å². The molecule has 1 heterocycles. The standard InChI is InChI=1S/C13H21N3O3S/c1-4-11-16(10(8-20-11)12(17)18)13(19)15(5-2)7-9(3)6-14/h9-11H,4-5,7-8H2,1-3H3,(H,17,18). The summed E-state index contributed by atoms with van der Waals surface area (Å²) in [6.07, 6.45) is 0.714. The fourth-order valence-electron chi connectivity index (χ4n) is 2.20. The summed E-state index contributed by atoms with van der Waals surface area (Å²) in [5, 5.41) is 18.0. The number of aliphatic carboxylic acids is 1. The lowest BCUT2D eigenvalue weighted by Crippen LogP contribution is -2.52. The molecule has 0 bridgehead atoms. The quantitative estimate of drug-likeness (QED) is 0.837. The Morgan fingerprint density at radius 3 is 2.65 bits per heavy atom. The van der Waals surface area contributed by atoms with Gasteiger partial charge in [-0.1, -0.05) is 6.92 Å². The first kappa shape index (κ1) is 16.6. The molecule has 112 valence electrons. The van der Waals surface area contributed by atoms with Gasteiger partial charge in [0, 0.05) is 18.8 Å². The monoisotopic (exact) mass is 299 g/mol. The second-order valence-corrected chi connectivity index (χ2v) is 6.02. The normalized spacial score (nSPS) is 23.2. The van der Waals surface area contributed by atoms with Crippen LogP contribution >= 0.6 is 11.8 Å². The Morgan fingerprint density at radius 2 is 2.20 bits per heavy atom. The number of rotatable bonds is 5. The van der Waals surface area contributed by atoms with Gasteiger partial charge in [-0.3, -0.25) is 4.90 Å². The minimum absolute atomic E-state index is 0.102. The molecule has 1 rings (SSSR count). The van der Waals surface area contributed by atoms with Crippen molar-refractivity contribution >= 4 is 23.8 Å². The van der Waals surface area contributed by atoms with E-state index >= 15 is 0 Å². The maximum atomic E-state index is 12.6. The van der Waals surface area contributed by atoms with E-state index in [0.717, 1.165) is 0 Å². The molecule has 1 N–H and O–H groups in total. The number of carbonyl (C=O) groups is 2. The number of amides is 2. The summed E-state index contributed by atoms with van der Waals surface area (Å²) in [6, 6.07) is 1.05. The minimum Gasteiger partial charge on any atom is -0.480 e. The molecule has 0 aromatic rings. The van der Waals surface area contributed by atoms with E-state index < -0.39 is 12.0 Å². The highest BCUT2D eigenvalue weighted by Gasteiger charge is 2.42. The van der Waals surface area contributed by atoms with Crippen LogP contribution < -0.4 is 0 Å². The third kappa shape index (κ3) is 3.57. The van der Waals surface area contributed by atoms with Gasteiger partial charge >= 0.3 is 12.0 Å². The van der Waals surface area contributed by atoms with Crippen molar-refractivity contribution in [3.8, 4) is 6.07 Å². The van der Waals surface area contributed by atoms with Crippen molar-refractivity contribution in [3.63, 3.8) is 0 Å². The molecule has 1 fully saturated rings. The van der Waals surface area contributed by atoms with Gasteiger partial charge in [-0.2, -0.15) is 5.26 Å². The van der Waals surface area contributed by atoms with Crippen molar-refractivity contribution in [2.24, 2.45) is 5.92 Å². The van der Waals surface area contributed by atoms with Gasteiger partial charge in [0.25, 0.3) is 0 Å². The smallest absolute Gasteiger partial charge is 0.327 e. The van der Waals surface area contributed by atoms with Gasteiger partial charge in [0.2, 0.25) is 0 Å². The van der Waals surface area contributed by atoms with Crippen LogP contribution in [0.25, 0.3) is 0 Å². The first-order valence-corrected chi connectivity index (χ1v) is 7.82. The molecule has 2 amide bonds. The minimum atomic E-state index is -0.966. The molecular weight excluding hydrogens is 278 g/mol. The molecule has 0 saturated carbocycles. The number of thioether (sulfide) groups is 1. The molecule has 0 radical (unpaired) electrons. The lowest BCUT2D eigenvalue weighted by molar-refractivity contribution is -0.141. The van der Waals surface area contributed by atoms with Crippen molar-refractivity contribution in [3.05, 3.63) is 0 Å². The first-order valence-electron chi connectivity index (χ1n) is 6.77. The number of nitrogens with zero attached hydrogens (tertiary/aromatic N) is 3. The van der Waals surface area contributed by atoms with Gasteiger partial charge in [0.1, 0.15) is 6.04 Å². The van der Waals surface area contributed by atoms with E-state index in [2.05, 4.69) is 6.07 Å². The first-order chi connectivity index (χ1) is 9.46. The zero-order chi connectivity index (χ0) is 15.3. The van der Waals surface area contributed by atoms with Gasteiger partial charge in [0.05, 0.1) is 17.4 Å². The molecule has 1 saturated heterocycles. The molecule has 1 aliphatic heterocycles. The van der Waals surface area contributed by atoms with E-state index in [0.29, 0.717) is 25.3 Å². The van der Waals surface area contributed by atoms with Crippen LogP contribution in [-0.2, 0) is 4.79 Å². The number of hydrogen-bond donors (Lipinski definition) is 1. The van der Waals surface area contributed by atoms with Crippen LogP contribution in [0.15, 0.2) is 0 Å². The lowest BCUT2D eigenvalue weighted by Gasteiger charge is -2.33. The summed E-state index contributed by atoms with van der Waals surface area (Å²) in [5.74, 6) is -0.811. The highest BCUT2D eigenvalue weighted by atomic mass is 32.2. The number of hydrogen-bond acceptors (Lipinski definition) is 4. The van der Waals surface area contributed by atoms with Gasteiger partial charge in [-0.25, -0.2) is 9.59 Å². The van der Waals surface area contributed by atoms with Crippen molar-refractivity contribution in [2.45, 2.75) is 38.6 Å². The summed E-state index contributed by atoms with van der Waals surface area (Å²) >= 11 is 1.50. The van der Waals surface area contributed by atoms with Gasteiger partial charge < -0.3 is 10.0 Å². The van der Waals surface area contributed by atoms with E-state index in [4.69, 9.17) is 5.26 Å². The van der Waals surface area contributed by atoms with Crippen molar-refractivity contribution < 1.29 is 14.7 Å². The van der Waals surface area contributed by atoms with Crippen molar-refractivity contribution in [2.75, 3.05) is 18.8 Å². The molecular formula is C13H21N3O3S. The zero-order valence-corrected chi connectivity index (χ0v) is 12.9. The Hall–Kier alpha value is -1.42. The number of carboxylic acids is 1. The average Bonchev–Trinajstić information content (AvgIpc) is 2.87. The molecule has 0 aromatic carbocycles. The maximum Gasteiger partial charge on any atom is 0.327 e. The van der Waals surface area contributed by atoms with E-state index in [1.54, 1.807) is 11.8 Å². The van der Waals surface area contributed by atoms with Gasteiger partial charge in [0.15, 0.2) is 0 Å². The van der Waals surface area contributed by atoms with Crippen LogP contribution in [0.2, 0.25) is 0 Å². The highest BCUT2D eigenvalue weighted by molar-refractivity contribution is 8.00. The fourth-order valence-corrected chi connectivity index (χ4v) is 3.54. The van der Waals surface area contributed by atoms with Crippen molar-refractivity contribution in [1.82, 2.24) is 9.80 Å². The molecule has 7 heteroatoms. The Morgan fingerprint density at radius 1 is 1.55 bits per heavy atom. The Kier molecular flexibility index (Phi) is 6.14. The number of carbonyl (C=O) groups excluding carboxylic acids is 1. The van der Waals surface area contributed by atoms with Crippen LogP contribution in [0.5, 0.6) is 0 Å². The van der Waals surface area contributed by atoms with Gasteiger partial charge in [-0.15, -0.1) is 11.8 Å². The summed E-state index contributed by atoms with van der Waals surface area (Å²) < 4.78 is 0. The van der Waals surface area contributed by atoms with Crippen LogP contribution in [0.3, 0.4) is 0 Å². The molecule has 0 aliphatic carbocycles. The summed E-state index contributed by atoms with van der Waals surface area (Å²) in [6.45, 7) is 6.32. The third-order valence-corrected chi connectivity index (χ3v) is 4.77.